The molecule has 0 spiro atoms. The smallest absolute Gasteiger partial charge is 0.255 e. The second kappa shape index (κ2) is 8.18. The van der Waals surface area contributed by atoms with E-state index in [2.05, 4.69) is 20.3 Å². The van der Waals surface area contributed by atoms with E-state index in [4.69, 9.17) is 5.73 Å². The third-order valence-corrected chi connectivity index (χ3v) is 4.26. The van der Waals surface area contributed by atoms with Crippen LogP contribution in [-0.2, 0) is 0 Å². The van der Waals surface area contributed by atoms with Crippen LogP contribution in [0.2, 0.25) is 0 Å². The Balaban J connectivity index is 1.59. The third-order valence-electron chi connectivity index (χ3n) is 4.26. The summed E-state index contributed by atoms with van der Waals surface area (Å²) in [6.07, 6.45) is 6.67. The third kappa shape index (κ3) is 4.19. The maximum absolute atomic E-state index is 12.4. The van der Waals surface area contributed by atoms with Crippen LogP contribution in [0.25, 0.3) is 0 Å². The van der Waals surface area contributed by atoms with E-state index in [1.807, 2.05) is 47.4 Å². The molecule has 0 saturated carbocycles. The fourth-order valence-corrected chi connectivity index (χ4v) is 2.85. The molecule has 0 atom stereocenters. The summed E-state index contributed by atoms with van der Waals surface area (Å²) < 4.78 is 0. The van der Waals surface area contributed by atoms with Crippen LogP contribution < -0.4 is 16.0 Å². The summed E-state index contributed by atoms with van der Waals surface area (Å²) in [5, 5.41) is 2.89. The van der Waals surface area contributed by atoms with E-state index in [9.17, 15) is 4.79 Å². The summed E-state index contributed by atoms with van der Waals surface area (Å²) in [4.78, 5) is 26.9. The zero-order valence-electron chi connectivity index (χ0n) is 15.4. The molecule has 0 bridgehead atoms. The van der Waals surface area contributed by atoms with Gasteiger partial charge in [0, 0.05) is 35.0 Å². The predicted molar refractivity (Wildman–Crippen MR) is 113 cm³/mol. The minimum atomic E-state index is -0.197. The normalized spacial score (nSPS) is 10.3. The first-order chi connectivity index (χ1) is 14.2. The van der Waals surface area contributed by atoms with E-state index < -0.39 is 0 Å². The molecule has 3 N–H and O–H groups in total. The summed E-state index contributed by atoms with van der Waals surface area (Å²) in [5.74, 6) is 0.518. The summed E-state index contributed by atoms with van der Waals surface area (Å²) in [7, 11) is 0. The van der Waals surface area contributed by atoms with Crippen LogP contribution in [-0.4, -0.2) is 20.9 Å². The number of rotatable bonds is 5. The van der Waals surface area contributed by atoms with Crippen molar-refractivity contribution >= 4 is 34.5 Å². The van der Waals surface area contributed by atoms with Crippen molar-refractivity contribution in [2.45, 2.75) is 0 Å². The van der Waals surface area contributed by atoms with E-state index in [0.29, 0.717) is 22.8 Å². The second-order valence-electron chi connectivity index (χ2n) is 6.24. The van der Waals surface area contributed by atoms with Crippen molar-refractivity contribution in [3.8, 4) is 0 Å². The summed E-state index contributed by atoms with van der Waals surface area (Å²) in [5.41, 5.74) is 9.26. The number of nitrogens with two attached hydrogens (primary N) is 1. The molecule has 7 heteroatoms. The SMILES string of the molecule is Nc1ccc(C(=O)Nc2ccc(N(c3cccnc3)c3ccncn3)cc2)cc1. The topological polar surface area (TPSA) is 97.0 Å². The molecule has 4 aromatic rings. The molecular formula is C22H18N6O. The van der Waals surface area contributed by atoms with E-state index in [0.717, 1.165) is 11.4 Å². The van der Waals surface area contributed by atoms with Crippen molar-refractivity contribution in [1.29, 1.82) is 0 Å². The molecule has 0 unspecified atom stereocenters. The van der Waals surface area contributed by atoms with Crippen molar-refractivity contribution in [3.05, 3.63) is 97.2 Å². The van der Waals surface area contributed by atoms with E-state index in [1.165, 1.54) is 6.33 Å². The Morgan fingerprint density at radius 3 is 2.31 bits per heavy atom. The number of carbonyl (C=O) groups excluding carboxylic acids is 1. The summed E-state index contributed by atoms with van der Waals surface area (Å²) in [6, 6.07) is 19.9. The molecule has 4 rings (SSSR count). The number of pyridine rings is 1. The van der Waals surface area contributed by atoms with Crippen LogP contribution >= 0.6 is 0 Å². The molecule has 0 fully saturated rings. The number of hydrogen-bond donors (Lipinski definition) is 2. The lowest BCUT2D eigenvalue weighted by Gasteiger charge is -2.23. The molecule has 0 aliphatic rings. The predicted octanol–water partition coefficient (Wildman–Crippen LogP) is 4.18. The van der Waals surface area contributed by atoms with Gasteiger partial charge in [-0.25, -0.2) is 9.97 Å². The average molecular weight is 382 g/mol. The van der Waals surface area contributed by atoms with Gasteiger partial charge in [-0.15, -0.1) is 0 Å². The van der Waals surface area contributed by atoms with Crippen molar-refractivity contribution in [3.63, 3.8) is 0 Å². The number of carbonyl (C=O) groups is 1. The van der Waals surface area contributed by atoms with Crippen LogP contribution in [0.1, 0.15) is 10.4 Å². The molecule has 0 radical (unpaired) electrons. The average Bonchev–Trinajstić information content (AvgIpc) is 2.77. The number of aromatic nitrogens is 3. The molecule has 142 valence electrons. The molecule has 29 heavy (non-hydrogen) atoms. The van der Waals surface area contributed by atoms with Crippen LogP contribution in [0.15, 0.2) is 91.6 Å². The first-order valence-corrected chi connectivity index (χ1v) is 8.94. The Bertz CT molecular complexity index is 1040. The Morgan fingerprint density at radius 1 is 0.862 bits per heavy atom. The Hall–Kier alpha value is -4.26. The fraction of sp³-hybridized carbons (Fsp3) is 0. The molecule has 2 aromatic carbocycles. The van der Waals surface area contributed by atoms with Crippen LogP contribution in [0.5, 0.6) is 0 Å². The van der Waals surface area contributed by atoms with Gasteiger partial charge >= 0.3 is 0 Å². The first kappa shape index (κ1) is 18.1. The minimum absolute atomic E-state index is 0.197. The van der Waals surface area contributed by atoms with Crippen molar-refractivity contribution in [1.82, 2.24) is 15.0 Å². The molecule has 0 aliphatic heterocycles. The van der Waals surface area contributed by atoms with Gasteiger partial charge in [0.15, 0.2) is 0 Å². The van der Waals surface area contributed by atoms with E-state index in [-0.39, 0.29) is 5.91 Å². The highest BCUT2D eigenvalue weighted by Crippen LogP contribution is 2.32. The molecular weight excluding hydrogens is 364 g/mol. The number of nitrogens with one attached hydrogen (secondary N) is 1. The molecule has 7 nitrogen and oxygen atoms in total. The fourth-order valence-electron chi connectivity index (χ4n) is 2.85. The van der Waals surface area contributed by atoms with Gasteiger partial charge in [-0.3, -0.25) is 14.7 Å². The highest BCUT2D eigenvalue weighted by Gasteiger charge is 2.14. The van der Waals surface area contributed by atoms with Gasteiger partial charge in [0.25, 0.3) is 5.91 Å². The quantitative estimate of drug-likeness (QED) is 0.503. The zero-order chi connectivity index (χ0) is 20.1. The Kier molecular flexibility index (Phi) is 5.11. The second-order valence-corrected chi connectivity index (χ2v) is 6.24. The van der Waals surface area contributed by atoms with Gasteiger partial charge < -0.3 is 11.1 Å². The number of nitrogens with zero attached hydrogens (tertiary/aromatic N) is 4. The van der Waals surface area contributed by atoms with Gasteiger partial charge in [-0.2, -0.15) is 0 Å². The number of hydrogen-bond acceptors (Lipinski definition) is 6. The standard InChI is InChI=1S/C22H18N6O/c23-17-5-3-16(4-6-17)22(29)27-18-7-9-19(10-8-18)28(20-2-1-12-24-14-20)21-11-13-25-15-26-21/h1-15H,23H2,(H,27,29). The number of benzene rings is 2. The maximum atomic E-state index is 12.4. The first-order valence-electron chi connectivity index (χ1n) is 8.94. The highest BCUT2D eigenvalue weighted by molar-refractivity contribution is 6.04. The van der Waals surface area contributed by atoms with Crippen LogP contribution in [0, 0.1) is 0 Å². The van der Waals surface area contributed by atoms with Crippen molar-refractivity contribution < 1.29 is 4.79 Å². The Labute approximate surface area is 167 Å². The molecule has 2 heterocycles. The van der Waals surface area contributed by atoms with Crippen molar-refractivity contribution in [2.24, 2.45) is 0 Å². The van der Waals surface area contributed by atoms with Crippen molar-refractivity contribution in [2.75, 3.05) is 16.0 Å². The number of amides is 1. The molecule has 0 saturated heterocycles. The number of nitrogen functional groups attached to an aromatic ring is 1. The highest BCUT2D eigenvalue weighted by atomic mass is 16.1. The van der Waals surface area contributed by atoms with Gasteiger partial charge in [0.2, 0.25) is 0 Å². The van der Waals surface area contributed by atoms with E-state index >= 15 is 0 Å². The van der Waals surface area contributed by atoms with Gasteiger partial charge in [0.05, 0.1) is 11.9 Å². The van der Waals surface area contributed by atoms with Gasteiger partial charge in [-0.1, -0.05) is 0 Å². The van der Waals surface area contributed by atoms with Gasteiger partial charge in [0.1, 0.15) is 12.1 Å². The zero-order valence-corrected chi connectivity index (χ0v) is 15.4. The van der Waals surface area contributed by atoms with E-state index in [1.54, 1.807) is 42.9 Å². The minimum Gasteiger partial charge on any atom is -0.399 e. The van der Waals surface area contributed by atoms with Gasteiger partial charge in [-0.05, 0) is 66.7 Å². The molecule has 2 aromatic heterocycles. The lowest BCUT2D eigenvalue weighted by Crippen LogP contribution is -2.13. The Morgan fingerprint density at radius 2 is 1.66 bits per heavy atom. The van der Waals surface area contributed by atoms with Crippen LogP contribution in [0.4, 0.5) is 28.6 Å². The number of anilines is 5. The summed E-state index contributed by atoms with van der Waals surface area (Å²) in [6.45, 7) is 0. The lowest BCUT2D eigenvalue weighted by atomic mass is 10.2. The van der Waals surface area contributed by atoms with Crippen LogP contribution in [0.3, 0.4) is 0 Å². The lowest BCUT2D eigenvalue weighted by molar-refractivity contribution is 0.102. The molecule has 0 aliphatic carbocycles. The monoisotopic (exact) mass is 382 g/mol. The summed E-state index contributed by atoms with van der Waals surface area (Å²) >= 11 is 0. The molecule has 1 amide bonds. The maximum Gasteiger partial charge on any atom is 0.255 e. The largest absolute Gasteiger partial charge is 0.399 e.